The summed E-state index contributed by atoms with van der Waals surface area (Å²) < 4.78 is 5.12. The molecule has 2 amide bonds. The van der Waals surface area contributed by atoms with Crippen LogP contribution < -0.4 is 20.9 Å². The predicted molar refractivity (Wildman–Crippen MR) is 99.1 cm³/mol. The van der Waals surface area contributed by atoms with Crippen molar-refractivity contribution in [3.8, 4) is 5.75 Å². The number of aromatic amines is 1. The normalized spacial score (nSPS) is 10.4. The lowest BCUT2D eigenvalue weighted by Gasteiger charge is -2.08. The molecule has 27 heavy (non-hydrogen) atoms. The molecule has 0 unspecified atom stereocenters. The van der Waals surface area contributed by atoms with Crippen LogP contribution in [0, 0.1) is 0 Å². The van der Waals surface area contributed by atoms with Crippen molar-refractivity contribution in [3.63, 3.8) is 0 Å². The fourth-order valence-electron chi connectivity index (χ4n) is 2.60. The number of carbonyl (C=O) groups excluding carboxylic acids is 2. The van der Waals surface area contributed by atoms with Gasteiger partial charge in [-0.25, -0.2) is 5.10 Å². The summed E-state index contributed by atoms with van der Waals surface area (Å²) in [4.78, 5) is 35.8. The molecule has 3 aromatic rings. The topological polar surface area (TPSA) is 113 Å². The fourth-order valence-corrected chi connectivity index (χ4v) is 2.60. The minimum absolute atomic E-state index is 0.0166. The summed E-state index contributed by atoms with van der Waals surface area (Å²) in [6, 6.07) is 14.1. The molecule has 0 aliphatic heterocycles. The van der Waals surface area contributed by atoms with Gasteiger partial charge < -0.3 is 15.4 Å². The number of H-pyrrole nitrogens is 1. The van der Waals surface area contributed by atoms with Crippen molar-refractivity contribution in [2.75, 3.05) is 7.11 Å². The van der Waals surface area contributed by atoms with Crippen LogP contribution in [0.1, 0.15) is 11.3 Å². The van der Waals surface area contributed by atoms with Crippen LogP contribution in [0.4, 0.5) is 0 Å². The van der Waals surface area contributed by atoms with Gasteiger partial charge in [-0.15, -0.1) is 0 Å². The molecule has 0 saturated carbocycles. The van der Waals surface area contributed by atoms with Gasteiger partial charge in [-0.1, -0.05) is 30.3 Å². The molecule has 0 spiro atoms. The maximum absolute atomic E-state index is 12.0. The Morgan fingerprint density at radius 1 is 1.00 bits per heavy atom. The van der Waals surface area contributed by atoms with E-state index in [0.717, 1.165) is 5.56 Å². The number of hydrogen-bond donors (Lipinski definition) is 3. The van der Waals surface area contributed by atoms with Crippen LogP contribution in [0.25, 0.3) is 10.8 Å². The molecule has 0 fully saturated rings. The molecule has 8 heteroatoms. The lowest BCUT2D eigenvalue weighted by atomic mass is 10.1. The quantitative estimate of drug-likeness (QED) is 0.580. The Hall–Kier alpha value is -3.68. The van der Waals surface area contributed by atoms with Gasteiger partial charge in [-0.3, -0.25) is 14.4 Å². The molecule has 1 aromatic heterocycles. The highest BCUT2D eigenvalue weighted by Gasteiger charge is 2.14. The highest BCUT2D eigenvalue weighted by atomic mass is 16.5. The number of nitrogens with zero attached hydrogens (tertiary/aromatic N) is 1. The minimum Gasteiger partial charge on any atom is -0.497 e. The summed E-state index contributed by atoms with van der Waals surface area (Å²) >= 11 is 0. The first-order chi connectivity index (χ1) is 13.1. The summed E-state index contributed by atoms with van der Waals surface area (Å²) in [7, 11) is 1.56. The number of carbonyl (C=O) groups is 2. The molecule has 2 aromatic carbocycles. The largest absolute Gasteiger partial charge is 0.497 e. The van der Waals surface area contributed by atoms with Gasteiger partial charge in [0.2, 0.25) is 0 Å². The molecule has 0 atom stereocenters. The van der Waals surface area contributed by atoms with Crippen molar-refractivity contribution in [1.29, 1.82) is 0 Å². The lowest BCUT2D eigenvalue weighted by molar-refractivity contribution is -0.139. The van der Waals surface area contributed by atoms with E-state index in [9.17, 15) is 14.4 Å². The first-order valence-corrected chi connectivity index (χ1v) is 8.23. The van der Waals surface area contributed by atoms with E-state index in [1.54, 1.807) is 49.6 Å². The summed E-state index contributed by atoms with van der Waals surface area (Å²) in [6.07, 6.45) is 0. The molecular weight excluding hydrogens is 348 g/mol. The Balaban J connectivity index is 1.60. The van der Waals surface area contributed by atoms with E-state index in [-0.39, 0.29) is 18.6 Å². The van der Waals surface area contributed by atoms with E-state index in [2.05, 4.69) is 20.8 Å². The average molecular weight is 366 g/mol. The fraction of sp³-hybridized carbons (Fsp3) is 0.158. The zero-order valence-electron chi connectivity index (χ0n) is 14.6. The zero-order valence-corrected chi connectivity index (χ0v) is 14.6. The molecule has 138 valence electrons. The zero-order chi connectivity index (χ0) is 19.2. The van der Waals surface area contributed by atoms with Crippen LogP contribution in [0.3, 0.4) is 0 Å². The maximum Gasteiger partial charge on any atom is 0.309 e. The Bertz CT molecular complexity index is 1050. The van der Waals surface area contributed by atoms with E-state index in [1.165, 1.54) is 0 Å². The van der Waals surface area contributed by atoms with Gasteiger partial charge in [-0.2, -0.15) is 5.10 Å². The molecule has 8 nitrogen and oxygen atoms in total. The van der Waals surface area contributed by atoms with E-state index in [1.807, 2.05) is 6.07 Å². The van der Waals surface area contributed by atoms with Crippen LogP contribution in [0.15, 0.2) is 53.3 Å². The Labute approximate surface area is 154 Å². The molecule has 0 aliphatic rings. The summed E-state index contributed by atoms with van der Waals surface area (Å²) in [6.45, 7) is 0.214. The van der Waals surface area contributed by atoms with Crippen molar-refractivity contribution >= 4 is 22.6 Å². The second-order valence-corrected chi connectivity index (χ2v) is 5.76. The summed E-state index contributed by atoms with van der Waals surface area (Å²) in [5, 5.41) is 12.5. The number of benzene rings is 2. The van der Waals surface area contributed by atoms with E-state index in [0.29, 0.717) is 22.2 Å². The minimum atomic E-state index is -0.782. The SMILES string of the molecule is COc1cccc(CNC(=O)C(=O)NCc2n[nH]c(=O)c3ccccc23)c1. The summed E-state index contributed by atoms with van der Waals surface area (Å²) in [5.74, 6) is -0.872. The Morgan fingerprint density at radius 3 is 2.44 bits per heavy atom. The standard InChI is InChI=1S/C19H18N4O4/c1-27-13-6-4-5-12(9-13)10-20-18(25)19(26)21-11-16-14-7-2-3-8-15(14)17(24)23-22-16/h2-9H,10-11H2,1H3,(H,20,25)(H,21,26)(H,23,24). The lowest BCUT2D eigenvalue weighted by Crippen LogP contribution is -2.39. The smallest absolute Gasteiger partial charge is 0.309 e. The second-order valence-electron chi connectivity index (χ2n) is 5.76. The number of methoxy groups -OCH3 is 1. The second kappa shape index (κ2) is 8.13. The number of nitrogens with one attached hydrogen (secondary N) is 3. The van der Waals surface area contributed by atoms with Crippen molar-refractivity contribution < 1.29 is 14.3 Å². The first kappa shape index (κ1) is 18.1. The van der Waals surface area contributed by atoms with Gasteiger partial charge in [-0.05, 0) is 23.8 Å². The molecular formula is C19H18N4O4. The van der Waals surface area contributed by atoms with E-state index in [4.69, 9.17) is 4.74 Å². The van der Waals surface area contributed by atoms with Gasteiger partial charge in [0.1, 0.15) is 5.75 Å². The van der Waals surface area contributed by atoms with Crippen LogP contribution >= 0.6 is 0 Å². The van der Waals surface area contributed by atoms with E-state index >= 15 is 0 Å². The van der Waals surface area contributed by atoms with E-state index < -0.39 is 11.8 Å². The molecule has 1 heterocycles. The van der Waals surface area contributed by atoms with Crippen molar-refractivity contribution in [2.24, 2.45) is 0 Å². The molecule has 3 rings (SSSR count). The highest BCUT2D eigenvalue weighted by Crippen LogP contribution is 2.13. The van der Waals surface area contributed by atoms with Crippen molar-refractivity contribution in [2.45, 2.75) is 13.1 Å². The van der Waals surface area contributed by atoms with Crippen molar-refractivity contribution in [1.82, 2.24) is 20.8 Å². The molecule has 0 aliphatic carbocycles. The number of hydrogen-bond acceptors (Lipinski definition) is 5. The maximum atomic E-state index is 12.0. The van der Waals surface area contributed by atoms with Crippen LogP contribution in [-0.2, 0) is 22.7 Å². The number of fused-ring (bicyclic) bond motifs is 1. The number of aromatic nitrogens is 2. The van der Waals surface area contributed by atoms with Gasteiger partial charge in [0.25, 0.3) is 5.56 Å². The van der Waals surface area contributed by atoms with Gasteiger partial charge >= 0.3 is 11.8 Å². The van der Waals surface area contributed by atoms with Gasteiger partial charge in [0.15, 0.2) is 0 Å². The third-order valence-electron chi connectivity index (χ3n) is 3.98. The van der Waals surface area contributed by atoms with Crippen LogP contribution in [0.5, 0.6) is 5.75 Å². The third-order valence-corrected chi connectivity index (χ3v) is 3.98. The summed E-state index contributed by atoms with van der Waals surface area (Å²) in [5.41, 5.74) is 0.972. The molecule has 0 saturated heterocycles. The van der Waals surface area contributed by atoms with Crippen LogP contribution in [0.2, 0.25) is 0 Å². The van der Waals surface area contributed by atoms with Crippen LogP contribution in [-0.4, -0.2) is 29.1 Å². The molecule has 3 N–H and O–H groups in total. The number of rotatable bonds is 5. The highest BCUT2D eigenvalue weighted by molar-refractivity contribution is 6.35. The monoisotopic (exact) mass is 366 g/mol. The van der Waals surface area contributed by atoms with Crippen molar-refractivity contribution in [3.05, 3.63) is 70.1 Å². The average Bonchev–Trinajstić information content (AvgIpc) is 2.71. The molecule has 0 radical (unpaired) electrons. The Kier molecular flexibility index (Phi) is 5.46. The third kappa shape index (κ3) is 4.30. The first-order valence-electron chi connectivity index (χ1n) is 8.23. The predicted octanol–water partition coefficient (Wildman–Crippen LogP) is 0.864. The Morgan fingerprint density at radius 2 is 1.70 bits per heavy atom. The van der Waals surface area contributed by atoms with Gasteiger partial charge in [0.05, 0.1) is 24.7 Å². The number of ether oxygens (including phenoxy) is 1. The number of amides is 2. The van der Waals surface area contributed by atoms with Gasteiger partial charge in [0, 0.05) is 11.9 Å². The molecule has 0 bridgehead atoms.